The van der Waals surface area contributed by atoms with Crippen LogP contribution in [0.1, 0.15) is 65.2 Å². The van der Waals surface area contributed by atoms with Gasteiger partial charge in [0.15, 0.2) is 0 Å². The zero-order valence-electron chi connectivity index (χ0n) is 28.5. The van der Waals surface area contributed by atoms with Crippen LogP contribution in [0.25, 0.3) is 21.7 Å². The highest BCUT2D eigenvalue weighted by Gasteiger charge is 2.23. The predicted octanol–water partition coefficient (Wildman–Crippen LogP) is 8.15. The molecule has 5 aromatic rings. The number of aromatic nitrogens is 1. The van der Waals surface area contributed by atoms with Gasteiger partial charge in [0.1, 0.15) is 0 Å². The van der Waals surface area contributed by atoms with E-state index in [1.54, 1.807) is 13.8 Å². The van der Waals surface area contributed by atoms with E-state index in [2.05, 4.69) is 31.9 Å². The highest BCUT2D eigenvalue weighted by Crippen LogP contribution is 2.43. The number of carbonyl (C=O) groups is 3. The van der Waals surface area contributed by atoms with E-state index in [4.69, 9.17) is 14.5 Å². The quantitative estimate of drug-likeness (QED) is 0.0842. The van der Waals surface area contributed by atoms with E-state index < -0.39 is 17.9 Å². The second kappa shape index (κ2) is 14.8. The van der Waals surface area contributed by atoms with Gasteiger partial charge >= 0.3 is 17.9 Å². The van der Waals surface area contributed by atoms with Gasteiger partial charge in [-0.25, -0.2) is 14.4 Å². The zero-order valence-corrected chi connectivity index (χ0v) is 28.5. The number of oxime groups is 3. The molecule has 4 aromatic carbocycles. The highest BCUT2D eigenvalue weighted by atomic mass is 16.7. The van der Waals surface area contributed by atoms with E-state index in [0.717, 1.165) is 55.4 Å². The van der Waals surface area contributed by atoms with Gasteiger partial charge in [0.25, 0.3) is 0 Å². The third-order valence-corrected chi connectivity index (χ3v) is 7.88. The maximum absolute atomic E-state index is 11.5. The molecule has 0 spiro atoms. The molecule has 0 saturated heterocycles. The monoisotopic (exact) mass is 659 g/mol. The van der Waals surface area contributed by atoms with Gasteiger partial charge in [-0.15, -0.1) is 0 Å². The van der Waals surface area contributed by atoms with Crippen molar-refractivity contribution in [1.82, 2.24) is 4.57 Å². The van der Waals surface area contributed by atoms with Crippen LogP contribution in [-0.2, 0) is 35.4 Å². The van der Waals surface area contributed by atoms with Gasteiger partial charge < -0.3 is 24.0 Å². The van der Waals surface area contributed by atoms with Crippen LogP contribution in [0.2, 0.25) is 0 Å². The second-order valence-corrected chi connectivity index (χ2v) is 11.3. The number of benzene rings is 4. The molecule has 11 heteroatoms. The van der Waals surface area contributed by atoms with E-state index in [-0.39, 0.29) is 0 Å². The number of anilines is 3. The summed E-state index contributed by atoms with van der Waals surface area (Å²) in [5.41, 5.74) is 7.72. The first-order valence-electron chi connectivity index (χ1n) is 15.7. The smallest absolute Gasteiger partial charge is 0.331 e. The molecule has 0 amide bonds. The van der Waals surface area contributed by atoms with Crippen LogP contribution >= 0.6 is 0 Å². The van der Waals surface area contributed by atoms with Gasteiger partial charge in [-0.3, -0.25) is 0 Å². The third-order valence-electron chi connectivity index (χ3n) is 7.88. The van der Waals surface area contributed by atoms with Crippen LogP contribution in [0.15, 0.2) is 101 Å². The molecule has 1 aromatic heterocycles. The van der Waals surface area contributed by atoms with Gasteiger partial charge in [-0.2, -0.15) is 0 Å². The van der Waals surface area contributed by atoms with Crippen molar-refractivity contribution in [3.63, 3.8) is 0 Å². The molecule has 0 radical (unpaired) electrons. The third kappa shape index (κ3) is 7.41. The second-order valence-electron chi connectivity index (χ2n) is 11.3. The van der Waals surface area contributed by atoms with Gasteiger partial charge in [0.05, 0.1) is 34.0 Å². The molecule has 0 atom stereocenters. The Bertz CT molecular complexity index is 2160. The number of hydrogen-bond acceptors (Lipinski definition) is 10. The van der Waals surface area contributed by atoms with E-state index >= 15 is 0 Å². The van der Waals surface area contributed by atoms with Gasteiger partial charge in [0, 0.05) is 61.1 Å². The Kier molecular flexibility index (Phi) is 10.3. The average molecular weight is 660 g/mol. The summed E-state index contributed by atoms with van der Waals surface area (Å²) in [5, 5.41) is 14.9. The Balaban J connectivity index is 1.78. The lowest BCUT2D eigenvalue weighted by molar-refractivity contribution is -0.141. The summed E-state index contributed by atoms with van der Waals surface area (Å²) in [4.78, 5) is 51.4. The largest absolute Gasteiger partial charge is 0.346 e. The molecule has 0 saturated carbocycles. The van der Waals surface area contributed by atoms with Crippen molar-refractivity contribution in [2.45, 2.75) is 55.0 Å². The summed E-state index contributed by atoms with van der Waals surface area (Å²) >= 11 is 0. The molecule has 0 aliphatic heterocycles. The summed E-state index contributed by atoms with van der Waals surface area (Å²) in [5.74, 6) is -1.49. The van der Waals surface area contributed by atoms with E-state index in [1.807, 2.05) is 92.0 Å². The molecular formula is C38H37N5O6. The summed E-state index contributed by atoms with van der Waals surface area (Å²) in [6.45, 7) is 12.1. The maximum atomic E-state index is 11.5. The molecule has 0 unspecified atom stereocenters. The van der Waals surface area contributed by atoms with Crippen LogP contribution in [0.4, 0.5) is 17.1 Å². The van der Waals surface area contributed by atoms with Crippen LogP contribution in [-0.4, -0.2) is 39.6 Å². The molecule has 250 valence electrons. The standard InChI is InChI=1S/C38H37N5O6/c1-8-42-22-21-35-32(25(4)41-49-28(7)46)18-20-37(38(35)42)43(30-15-13-29(14-16-30)23(2)39-47-26(5)44)36-19-17-31(24(3)40-48-27(6)45)33-11-9-10-12-34(33)36/h9-22H,8H2,1-7H3/b39-23-,40-24-,41-25+. The van der Waals surface area contributed by atoms with Crippen LogP contribution < -0.4 is 4.90 Å². The minimum absolute atomic E-state index is 0.495. The highest BCUT2D eigenvalue weighted by molar-refractivity contribution is 6.16. The Labute approximate surface area is 284 Å². The zero-order chi connectivity index (χ0) is 35.2. The van der Waals surface area contributed by atoms with Gasteiger partial charge in [-0.05, 0) is 69.0 Å². The lowest BCUT2D eigenvalue weighted by Gasteiger charge is -2.29. The number of aryl methyl sites for hydroxylation is 1. The number of fused-ring (bicyclic) bond motifs is 2. The first-order valence-corrected chi connectivity index (χ1v) is 15.7. The Hall–Kier alpha value is -6.10. The summed E-state index contributed by atoms with van der Waals surface area (Å²) in [7, 11) is 0. The normalized spacial score (nSPS) is 12.3. The molecule has 0 fully saturated rings. The fraction of sp³-hybridized carbons (Fsp3) is 0.211. The fourth-order valence-electron chi connectivity index (χ4n) is 5.67. The van der Waals surface area contributed by atoms with Crippen molar-refractivity contribution in [2.24, 2.45) is 15.5 Å². The van der Waals surface area contributed by atoms with Crippen LogP contribution in [0, 0.1) is 0 Å². The SMILES string of the molecule is CCn1ccc2c(/C(C)=N/OC(C)=O)ccc(N(c3ccc(/C(C)=N\OC(C)=O)cc3)c3ccc(/C(C)=N\OC(C)=O)c4ccccc34)c21. The Morgan fingerprint density at radius 3 is 1.65 bits per heavy atom. The van der Waals surface area contributed by atoms with Crippen molar-refractivity contribution >= 4 is 73.8 Å². The number of hydrogen-bond donors (Lipinski definition) is 0. The van der Waals surface area contributed by atoms with Crippen molar-refractivity contribution in [2.75, 3.05) is 4.90 Å². The minimum Gasteiger partial charge on any atom is -0.346 e. The van der Waals surface area contributed by atoms with E-state index in [1.165, 1.54) is 20.8 Å². The molecule has 0 bridgehead atoms. The summed E-state index contributed by atoms with van der Waals surface area (Å²) in [6.07, 6.45) is 2.03. The first kappa shape index (κ1) is 34.2. The molecule has 1 heterocycles. The van der Waals surface area contributed by atoms with E-state index in [0.29, 0.717) is 23.7 Å². The molecular weight excluding hydrogens is 622 g/mol. The van der Waals surface area contributed by atoms with Crippen molar-refractivity contribution in [3.05, 3.63) is 102 Å². The molecule has 0 N–H and O–H groups in total. The molecule has 0 aliphatic rings. The first-order chi connectivity index (χ1) is 23.5. The fourth-order valence-corrected chi connectivity index (χ4v) is 5.67. The molecule has 0 aliphatic carbocycles. The minimum atomic E-state index is -0.498. The molecule has 49 heavy (non-hydrogen) atoms. The van der Waals surface area contributed by atoms with Crippen LogP contribution in [0.5, 0.6) is 0 Å². The average Bonchev–Trinajstić information content (AvgIpc) is 3.53. The predicted molar refractivity (Wildman–Crippen MR) is 192 cm³/mol. The Morgan fingerprint density at radius 2 is 1.10 bits per heavy atom. The summed E-state index contributed by atoms with van der Waals surface area (Å²) < 4.78 is 2.16. The number of rotatable bonds is 10. The van der Waals surface area contributed by atoms with Crippen molar-refractivity contribution < 1.29 is 28.9 Å². The topological polar surface area (TPSA) is 124 Å². The van der Waals surface area contributed by atoms with Crippen LogP contribution in [0.3, 0.4) is 0 Å². The number of carbonyl (C=O) groups excluding carboxylic acids is 3. The number of nitrogens with zero attached hydrogens (tertiary/aromatic N) is 5. The molecule has 5 rings (SSSR count). The van der Waals surface area contributed by atoms with Gasteiger partial charge in [-0.1, -0.05) is 64.0 Å². The van der Waals surface area contributed by atoms with Crippen molar-refractivity contribution in [1.29, 1.82) is 0 Å². The summed E-state index contributed by atoms with van der Waals surface area (Å²) in [6, 6.07) is 25.9. The van der Waals surface area contributed by atoms with Gasteiger partial charge in [0.2, 0.25) is 0 Å². The maximum Gasteiger partial charge on any atom is 0.331 e. The Morgan fingerprint density at radius 1 is 0.592 bits per heavy atom. The lowest BCUT2D eigenvalue weighted by atomic mass is 9.98. The van der Waals surface area contributed by atoms with Crippen molar-refractivity contribution in [3.8, 4) is 0 Å². The molecule has 11 nitrogen and oxygen atoms in total. The lowest BCUT2D eigenvalue weighted by Crippen LogP contribution is -2.14. The van der Waals surface area contributed by atoms with E-state index in [9.17, 15) is 14.4 Å².